The normalized spacial score (nSPS) is 11.4. The van der Waals surface area contributed by atoms with Crippen LogP contribution in [-0.4, -0.2) is 24.1 Å². The molecule has 0 amide bonds. The molecule has 0 unspecified atom stereocenters. The van der Waals surface area contributed by atoms with Crippen LogP contribution < -0.4 is 0 Å². The van der Waals surface area contributed by atoms with Gasteiger partial charge in [-0.15, -0.1) is 0 Å². The van der Waals surface area contributed by atoms with E-state index in [-0.39, 0.29) is 11.4 Å². The van der Waals surface area contributed by atoms with Crippen molar-refractivity contribution in [2.75, 3.05) is 0 Å². The molecule has 0 N–H and O–H groups in total. The van der Waals surface area contributed by atoms with Crippen molar-refractivity contribution in [1.82, 2.24) is 24.1 Å². The summed E-state index contributed by atoms with van der Waals surface area (Å²) in [4.78, 5) is 19.3. The second-order valence-corrected chi connectivity index (χ2v) is 22.2. The molecule has 9 nitrogen and oxygen atoms in total. The van der Waals surface area contributed by atoms with E-state index in [1.54, 1.807) is 24.3 Å². The average Bonchev–Trinajstić information content (AvgIpc) is 1.54. The van der Waals surface area contributed by atoms with E-state index in [9.17, 15) is 15.8 Å². The minimum absolute atomic E-state index is 0.199. The SMILES string of the molecule is [C-]#[N+]c1ccccc1-c1ccc2c(c1)c1cc(-c3ccccc3C#N)ccc1n2-c1ccc(-c2nc(-c3ccccc3)nc(-c3ccccc3)n2)c(-c2cc(C(F)(F)F)ccc2-n2c3ccc(-c4ccccc4C#N)cc3c3cc(-c4ccccc4C#N)ccc32)c1. The Kier molecular flexibility index (Phi) is 13.7. The van der Waals surface area contributed by atoms with Crippen molar-refractivity contribution in [2.24, 2.45) is 0 Å². The summed E-state index contributed by atoms with van der Waals surface area (Å²) in [6, 6.07) is 88.9. The van der Waals surface area contributed by atoms with Crippen molar-refractivity contribution in [3.63, 3.8) is 0 Å². The molecular weight excluding hydrogens is 1140 g/mol. The zero-order chi connectivity index (χ0) is 62.6. The van der Waals surface area contributed by atoms with Crippen LogP contribution in [0.3, 0.4) is 0 Å². The Morgan fingerprint density at radius 3 is 1.18 bits per heavy atom. The minimum Gasteiger partial charge on any atom is -0.309 e. The van der Waals surface area contributed by atoms with Crippen LogP contribution in [0.25, 0.3) is 150 Å². The lowest BCUT2D eigenvalue weighted by Crippen LogP contribution is -2.08. The summed E-state index contributed by atoms with van der Waals surface area (Å²) < 4.78 is 51.6. The van der Waals surface area contributed by atoms with Crippen LogP contribution in [0.1, 0.15) is 22.3 Å². The van der Waals surface area contributed by atoms with Crippen LogP contribution in [0.4, 0.5) is 18.9 Å². The largest absolute Gasteiger partial charge is 0.416 e. The number of hydrogen-bond acceptors (Lipinski definition) is 6. The monoisotopic (exact) mass is 1190 g/mol. The average molecular weight is 1190 g/mol. The highest BCUT2D eigenvalue weighted by Gasteiger charge is 2.33. The molecule has 0 spiro atoms. The molecule has 0 aliphatic carbocycles. The van der Waals surface area contributed by atoms with Crippen LogP contribution >= 0.6 is 0 Å². The molecule has 0 bridgehead atoms. The summed E-state index contributed by atoms with van der Waals surface area (Å²) in [7, 11) is 0. The van der Waals surface area contributed by atoms with Crippen molar-refractivity contribution in [2.45, 2.75) is 6.18 Å². The molecule has 92 heavy (non-hydrogen) atoms. The first-order chi connectivity index (χ1) is 45.1. The third-order valence-electron chi connectivity index (χ3n) is 17.0. The van der Waals surface area contributed by atoms with E-state index in [2.05, 4.69) is 39.8 Å². The van der Waals surface area contributed by atoms with Crippen molar-refractivity contribution in [1.29, 1.82) is 15.8 Å². The first-order valence-electron chi connectivity index (χ1n) is 29.4. The zero-order valence-electron chi connectivity index (χ0n) is 48.6. The fourth-order valence-corrected chi connectivity index (χ4v) is 12.7. The van der Waals surface area contributed by atoms with Gasteiger partial charge in [0.2, 0.25) is 0 Å². The fraction of sp³-hybridized carbons (Fsp3) is 0.0125. The van der Waals surface area contributed by atoms with Crippen LogP contribution in [0.5, 0.6) is 0 Å². The molecule has 12 heteroatoms. The number of rotatable bonds is 10. The predicted molar refractivity (Wildman–Crippen MR) is 357 cm³/mol. The third-order valence-corrected chi connectivity index (χ3v) is 17.0. The van der Waals surface area contributed by atoms with Crippen LogP contribution in [0, 0.1) is 40.6 Å². The van der Waals surface area contributed by atoms with Crippen molar-refractivity contribution in [3.05, 3.63) is 301 Å². The van der Waals surface area contributed by atoms with Gasteiger partial charge in [0, 0.05) is 49.5 Å². The number of para-hydroxylation sites is 1. The van der Waals surface area contributed by atoms with Crippen molar-refractivity contribution < 1.29 is 13.2 Å². The van der Waals surface area contributed by atoms with Gasteiger partial charge in [-0.25, -0.2) is 19.8 Å². The Morgan fingerprint density at radius 1 is 0.337 bits per heavy atom. The van der Waals surface area contributed by atoms with Gasteiger partial charge in [-0.3, -0.25) is 0 Å². The highest BCUT2D eigenvalue weighted by Crippen LogP contribution is 2.47. The zero-order valence-corrected chi connectivity index (χ0v) is 48.6. The second-order valence-electron chi connectivity index (χ2n) is 22.2. The maximum absolute atomic E-state index is 15.8. The molecular formula is C80H44F3N9. The molecule has 3 aromatic heterocycles. The van der Waals surface area contributed by atoms with Gasteiger partial charge < -0.3 is 9.13 Å². The number of halogens is 3. The quantitative estimate of drug-likeness (QED) is 0.126. The Bertz CT molecular complexity index is 5410. The van der Waals surface area contributed by atoms with Gasteiger partial charge in [0.1, 0.15) is 0 Å². The maximum atomic E-state index is 15.8. The number of nitriles is 3. The molecule has 0 aliphatic heterocycles. The Labute approximate surface area is 525 Å². The molecule has 0 aliphatic rings. The highest BCUT2D eigenvalue weighted by atomic mass is 19.4. The highest BCUT2D eigenvalue weighted by molar-refractivity contribution is 6.14. The Balaban J connectivity index is 1.05. The molecule has 3 heterocycles. The van der Waals surface area contributed by atoms with Gasteiger partial charge in [-0.1, -0.05) is 164 Å². The molecule has 15 rings (SSSR count). The number of fused-ring (bicyclic) bond motifs is 6. The standard InChI is InChI=1S/C80H44F3N9/c1-87-71-27-15-14-26-63(71)54-31-36-73-67(43-54)66-40-51(60-23-11-8-20-55(60)46-84)28-35-72(66)91(73)59-33-34-64(79-89-77(49-16-4-2-5-17-49)88-78(90-79)50-18-6-3-7-19-50)65(45-59)70-44-58(80(81,82)83)32-39-76(70)92-74-37-29-52(61-24-12-9-21-56(61)47-85)41-68(74)69-42-53(30-38-75(69)92)62-25-13-10-22-57(62)48-86/h2-45H. The first-order valence-corrected chi connectivity index (χ1v) is 29.4. The lowest BCUT2D eigenvalue weighted by Gasteiger charge is -2.20. The van der Waals surface area contributed by atoms with Crippen molar-refractivity contribution >= 4 is 49.3 Å². The number of alkyl halides is 3. The van der Waals surface area contributed by atoms with Gasteiger partial charge in [0.15, 0.2) is 23.2 Å². The van der Waals surface area contributed by atoms with Gasteiger partial charge in [-0.2, -0.15) is 29.0 Å². The third kappa shape index (κ3) is 9.62. The number of hydrogen-bond donors (Lipinski definition) is 0. The molecule has 12 aromatic carbocycles. The summed E-state index contributed by atoms with van der Waals surface area (Å²) in [6.07, 6.45) is -4.80. The van der Waals surface area contributed by atoms with E-state index in [0.29, 0.717) is 89.8 Å². The molecule has 15 aromatic rings. The lowest BCUT2D eigenvalue weighted by molar-refractivity contribution is -0.137. The molecule has 0 saturated carbocycles. The summed E-state index contributed by atoms with van der Waals surface area (Å²) >= 11 is 0. The topological polar surface area (TPSA) is 124 Å². The van der Waals surface area contributed by atoms with Gasteiger partial charge in [0.25, 0.3) is 0 Å². The maximum Gasteiger partial charge on any atom is 0.416 e. The van der Waals surface area contributed by atoms with Crippen LogP contribution in [-0.2, 0) is 6.18 Å². The van der Waals surface area contributed by atoms with Crippen LogP contribution in [0.15, 0.2) is 267 Å². The van der Waals surface area contributed by atoms with Gasteiger partial charge in [-0.05, 0) is 153 Å². The Hall–Kier alpha value is -13.0. The van der Waals surface area contributed by atoms with Gasteiger partial charge >= 0.3 is 6.18 Å². The van der Waals surface area contributed by atoms with E-state index in [1.807, 2.05) is 217 Å². The second kappa shape index (κ2) is 22.6. The van der Waals surface area contributed by atoms with E-state index >= 15 is 13.2 Å². The summed E-state index contributed by atoms with van der Waals surface area (Å²) in [5.41, 5.74) is 13.3. The summed E-state index contributed by atoms with van der Waals surface area (Å²) in [5, 5.41) is 34.1. The Morgan fingerprint density at radius 2 is 0.739 bits per heavy atom. The lowest BCUT2D eigenvalue weighted by atomic mass is 9.94. The number of aromatic nitrogens is 5. The molecule has 0 atom stereocenters. The predicted octanol–water partition coefficient (Wildman–Crippen LogP) is 20.6. The van der Waals surface area contributed by atoms with E-state index in [0.717, 1.165) is 72.0 Å². The summed E-state index contributed by atoms with van der Waals surface area (Å²) in [6.45, 7) is 8.08. The van der Waals surface area contributed by atoms with Crippen molar-refractivity contribution in [3.8, 4) is 119 Å². The van der Waals surface area contributed by atoms with Gasteiger partial charge in [0.05, 0.1) is 74.8 Å². The van der Waals surface area contributed by atoms with Crippen LogP contribution in [0.2, 0.25) is 0 Å². The van der Waals surface area contributed by atoms with E-state index < -0.39 is 11.7 Å². The fourth-order valence-electron chi connectivity index (χ4n) is 12.7. The first kappa shape index (κ1) is 55.6. The number of nitrogens with zero attached hydrogens (tertiary/aromatic N) is 9. The smallest absolute Gasteiger partial charge is 0.309 e. The molecule has 430 valence electrons. The molecule has 0 fully saturated rings. The van der Waals surface area contributed by atoms with E-state index in [4.69, 9.17) is 21.5 Å². The molecule has 0 saturated heterocycles. The summed E-state index contributed by atoms with van der Waals surface area (Å²) in [5.74, 6) is 0.911. The number of benzene rings is 12. The molecule has 0 radical (unpaired) electrons. The minimum atomic E-state index is -4.80. The van der Waals surface area contributed by atoms with E-state index in [1.165, 1.54) is 12.1 Å².